The van der Waals surface area contributed by atoms with Crippen LogP contribution in [-0.2, 0) is 9.59 Å². The Morgan fingerprint density at radius 1 is 1.30 bits per heavy atom. The summed E-state index contributed by atoms with van der Waals surface area (Å²) >= 11 is 0. The lowest BCUT2D eigenvalue weighted by atomic mass is 10.1. The topological polar surface area (TPSA) is 52.7 Å². The Morgan fingerprint density at radius 3 is 2.45 bits per heavy atom. The average Bonchev–Trinajstić information content (AvgIpc) is 2.83. The summed E-state index contributed by atoms with van der Waals surface area (Å²) in [5.41, 5.74) is 0. The molecule has 20 heavy (non-hydrogen) atoms. The SMILES string of the molecule is CCC(CC)N1CC(C(=O)N2CCNCC2)CC1=O.Cl. The zero-order valence-electron chi connectivity index (χ0n) is 12.4. The van der Waals surface area contributed by atoms with Crippen LogP contribution >= 0.6 is 12.4 Å². The van der Waals surface area contributed by atoms with E-state index in [0.29, 0.717) is 19.0 Å². The number of carbonyl (C=O) groups excluding carboxylic acids is 2. The second-order valence-corrected chi connectivity index (χ2v) is 5.49. The minimum absolute atomic E-state index is 0. The van der Waals surface area contributed by atoms with E-state index in [0.717, 1.165) is 39.0 Å². The molecule has 0 saturated carbocycles. The molecule has 2 aliphatic heterocycles. The summed E-state index contributed by atoms with van der Waals surface area (Å²) < 4.78 is 0. The predicted molar refractivity (Wildman–Crippen MR) is 80.9 cm³/mol. The first-order valence-electron chi connectivity index (χ1n) is 7.46. The van der Waals surface area contributed by atoms with Crippen molar-refractivity contribution in [1.82, 2.24) is 15.1 Å². The third kappa shape index (κ3) is 3.64. The first kappa shape index (κ1) is 17.2. The number of nitrogens with zero attached hydrogens (tertiary/aromatic N) is 2. The van der Waals surface area contributed by atoms with Crippen molar-refractivity contribution >= 4 is 24.2 Å². The monoisotopic (exact) mass is 303 g/mol. The van der Waals surface area contributed by atoms with Crippen LogP contribution < -0.4 is 5.32 Å². The number of likely N-dealkylation sites (tertiary alicyclic amines) is 1. The maximum atomic E-state index is 12.4. The molecule has 2 heterocycles. The highest BCUT2D eigenvalue weighted by Crippen LogP contribution is 2.24. The fraction of sp³-hybridized carbons (Fsp3) is 0.857. The minimum Gasteiger partial charge on any atom is -0.340 e. The van der Waals surface area contributed by atoms with Gasteiger partial charge in [0, 0.05) is 45.2 Å². The van der Waals surface area contributed by atoms with Crippen molar-refractivity contribution in [3.05, 3.63) is 0 Å². The van der Waals surface area contributed by atoms with Gasteiger partial charge in [-0.15, -0.1) is 12.4 Å². The zero-order valence-corrected chi connectivity index (χ0v) is 13.2. The molecule has 1 atom stereocenters. The van der Waals surface area contributed by atoms with Crippen LogP contribution in [0.1, 0.15) is 33.1 Å². The quantitative estimate of drug-likeness (QED) is 0.839. The molecule has 2 fully saturated rings. The molecule has 2 saturated heterocycles. The third-order valence-corrected chi connectivity index (χ3v) is 4.32. The van der Waals surface area contributed by atoms with E-state index in [1.165, 1.54) is 0 Å². The molecule has 1 unspecified atom stereocenters. The van der Waals surface area contributed by atoms with Gasteiger partial charge in [-0.2, -0.15) is 0 Å². The maximum absolute atomic E-state index is 12.4. The summed E-state index contributed by atoms with van der Waals surface area (Å²) in [5.74, 6) is 0.205. The number of piperazine rings is 1. The fourth-order valence-electron chi connectivity index (χ4n) is 3.12. The zero-order chi connectivity index (χ0) is 13.8. The van der Waals surface area contributed by atoms with Gasteiger partial charge in [-0.05, 0) is 12.8 Å². The first-order valence-corrected chi connectivity index (χ1v) is 7.46. The van der Waals surface area contributed by atoms with Crippen molar-refractivity contribution in [2.24, 2.45) is 5.92 Å². The maximum Gasteiger partial charge on any atom is 0.228 e. The number of rotatable bonds is 4. The Morgan fingerprint density at radius 2 is 1.90 bits per heavy atom. The highest BCUT2D eigenvalue weighted by molar-refractivity contribution is 5.89. The summed E-state index contributed by atoms with van der Waals surface area (Å²) in [5, 5.41) is 3.24. The molecule has 2 rings (SSSR count). The molecule has 5 nitrogen and oxygen atoms in total. The van der Waals surface area contributed by atoms with Gasteiger partial charge in [-0.25, -0.2) is 0 Å². The molecule has 2 aliphatic rings. The fourth-order valence-corrected chi connectivity index (χ4v) is 3.12. The molecular formula is C14H26ClN3O2. The van der Waals surface area contributed by atoms with E-state index in [1.807, 2.05) is 9.80 Å². The van der Waals surface area contributed by atoms with Crippen LogP contribution in [0.25, 0.3) is 0 Å². The summed E-state index contributed by atoms with van der Waals surface area (Å²) in [6, 6.07) is 0.299. The number of carbonyl (C=O) groups is 2. The van der Waals surface area contributed by atoms with Crippen LogP contribution in [0.5, 0.6) is 0 Å². The number of halogens is 1. The molecule has 0 spiro atoms. The van der Waals surface area contributed by atoms with Crippen molar-refractivity contribution in [3.63, 3.8) is 0 Å². The van der Waals surface area contributed by atoms with E-state index in [2.05, 4.69) is 19.2 Å². The van der Waals surface area contributed by atoms with Gasteiger partial charge in [0.2, 0.25) is 11.8 Å². The smallest absolute Gasteiger partial charge is 0.228 e. The highest BCUT2D eigenvalue weighted by Gasteiger charge is 2.38. The van der Waals surface area contributed by atoms with Crippen molar-refractivity contribution in [3.8, 4) is 0 Å². The van der Waals surface area contributed by atoms with Gasteiger partial charge in [0.15, 0.2) is 0 Å². The van der Waals surface area contributed by atoms with Crippen molar-refractivity contribution in [2.75, 3.05) is 32.7 Å². The second kappa shape index (κ2) is 7.84. The van der Waals surface area contributed by atoms with E-state index in [-0.39, 0.29) is 30.1 Å². The molecule has 0 aromatic carbocycles. The van der Waals surface area contributed by atoms with Crippen molar-refractivity contribution in [2.45, 2.75) is 39.2 Å². The Balaban J connectivity index is 0.00000200. The molecule has 6 heteroatoms. The van der Waals surface area contributed by atoms with Gasteiger partial charge in [0.25, 0.3) is 0 Å². The summed E-state index contributed by atoms with van der Waals surface area (Å²) in [7, 11) is 0. The van der Waals surface area contributed by atoms with E-state index in [1.54, 1.807) is 0 Å². The van der Waals surface area contributed by atoms with Gasteiger partial charge < -0.3 is 15.1 Å². The Hall–Kier alpha value is -0.810. The third-order valence-electron chi connectivity index (χ3n) is 4.32. The summed E-state index contributed by atoms with van der Waals surface area (Å²) in [6.07, 6.45) is 2.34. The molecule has 0 aliphatic carbocycles. The number of hydrogen-bond acceptors (Lipinski definition) is 3. The van der Waals surface area contributed by atoms with E-state index in [9.17, 15) is 9.59 Å². The minimum atomic E-state index is -0.119. The Labute approximate surface area is 127 Å². The molecule has 0 radical (unpaired) electrons. The number of hydrogen-bond donors (Lipinski definition) is 1. The van der Waals surface area contributed by atoms with E-state index in [4.69, 9.17) is 0 Å². The average molecular weight is 304 g/mol. The van der Waals surface area contributed by atoms with Crippen molar-refractivity contribution in [1.29, 1.82) is 0 Å². The van der Waals surface area contributed by atoms with Crippen LogP contribution in [0.4, 0.5) is 0 Å². The standard InChI is InChI=1S/C14H25N3O2.ClH/c1-3-12(4-2)17-10-11(9-13(17)18)14(19)16-7-5-15-6-8-16;/h11-12,15H,3-10H2,1-2H3;1H. The lowest BCUT2D eigenvalue weighted by Gasteiger charge is -2.30. The van der Waals surface area contributed by atoms with Crippen LogP contribution in [0.15, 0.2) is 0 Å². The van der Waals surface area contributed by atoms with Gasteiger partial charge in [0.1, 0.15) is 0 Å². The van der Waals surface area contributed by atoms with Gasteiger partial charge in [-0.1, -0.05) is 13.8 Å². The van der Waals surface area contributed by atoms with Gasteiger partial charge >= 0.3 is 0 Å². The van der Waals surface area contributed by atoms with Crippen LogP contribution in [0.2, 0.25) is 0 Å². The molecule has 1 N–H and O–H groups in total. The second-order valence-electron chi connectivity index (χ2n) is 5.49. The highest BCUT2D eigenvalue weighted by atomic mass is 35.5. The number of amides is 2. The normalized spacial score (nSPS) is 23.1. The summed E-state index contributed by atoms with van der Waals surface area (Å²) in [4.78, 5) is 28.3. The van der Waals surface area contributed by atoms with Crippen LogP contribution in [0, 0.1) is 5.92 Å². The first-order chi connectivity index (χ1) is 9.17. The molecular weight excluding hydrogens is 278 g/mol. The molecule has 0 aromatic rings. The summed E-state index contributed by atoms with van der Waals surface area (Å²) in [6.45, 7) is 8.10. The predicted octanol–water partition coefficient (Wildman–Crippen LogP) is 0.877. The molecule has 0 aromatic heterocycles. The van der Waals surface area contributed by atoms with Gasteiger partial charge in [0.05, 0.1) is 5.92 Å². The lowest BCUT2D eigenvalue weighted by molar-refractivity contribution is -0.136. The van der Waals surface area contributed by atoms with Crippen LogP contribution in [-0.4, -0.2) is 60.4 Å². The molecule has 2 amide bonds. The molecule has 0 bridgehead atoms. The molecule has 116 valence electrons. The van der Waals surface area contributed by atoms with Gasteiger partial charge in [-0.3, -0.25) is 9.59 Å². The van der Waals surface area contributed by atoms with E-state index < -0.39 is 0 Å². The largest absolute Gasteiger partial charge is 0.340 e. The van der Waals surface area contributed by atoms with E-state index >= 15 is 0 Å². The lowest BCUT2D eigenvalue weighted by Crippen LogP contribution is -2.49. The Kier molecular flexibility index (Phi) is 6.76. The number of nitrogens with one attached hydrogen (secondary N) is 1. The van der Waals surface area contributed by atoms with Crippen molar-refractivity contribution < 1.29 is 9.59 Å². The Bertz CT molecular complexity index is 341. The van der Waals surface area contributed by atoms with Crippen LogP contribution in [0.3, 0.4) is 0 Å².